The number of nitrogens with zero attached hydrogens (tertiary/aromatic N) is 3. The summed E-state index contributed by atoms with van der Waals surface area (Å²) in [5.74, 6) is -1.25. The van der Waals surface area contributed by atoms with Crippen LogP contribution in [0.25, 0.3) is 0 Å². The number of piperidine rings is 1. The number of halogens is 1. The molecule has 3 rings (SSSR count). The lowest BCUT2D eigenvalue weighted by Crippen LogP contribution is -2.43. The Bertz CT molecular complexity index is 880. The molecule has 8 nitrogen and oxygen atoms in total. The fourth-order valence-corrected chi connectivity index (χ4v) is 3.80. The van der Waals surface area contributed by atoms with Gasteiger partial charge in [-0.2, -0.15) is 0 Å². The number of carbonyl (C=O) groups is 3. The van der Waals surface area contributed by atoms with E-state index in [0.717, 1.165) is 24.4 Å². The third-order valence-electron chi connectivity index (χ3n) is 4.59. The van der Waals surface area contributed by atoms with Crippen molar-refractivity contribution in [1.82, 2.24) is 19.8 Å². The predicted molar refractivity (Wildman–Crippen MR) is 106 cm³/mol. The molecule has 0 saturated carbocycles. The van der Waals surface area contributed by atoms with Gasteiger partial charge in [0.05, 0.1) is 5.69 Å². The number of hydrogen-bond acceptors (Lipinski definition) is 6. The van der Waals surface area contributed by atoms with E-state index in [1.807, 2.05) is 0 Å². The standard InChI is InChI=1S/C18H20ClN5O3S/c1-11-15(28-23-22-11)18(27)24-7-5-12(6-8-24)10-20-16(25)17(26)21-14-4-2-3-13(19)9-14/h2-4,9,12H,5-8,10H2,1H3,(H,20,25)(H,21,26). The van der Waals surface area contributed by atoms with Gasteiger partial charge in [-0.25, -0.2) is 0 Å². The monoisotopic (exact) mass is 421 g/mol. The second-order valence-electron chi connectivity index (χ2n) is 6.60. The van der Waals surface area contributed by atoms with E-state index in [9.17, 15) is 14.4 Å². The zero-order valence-corrected chi connectivity index (χ0v) is 16.8. The molecule has 1 aromatic heterocycles. The molecule has 1 saturated heterocycles. The van der Waals surface area contributed by atoms with Crippen molar-refractivity contribution >= 4 is 46.5 Å². The maximum atomic E-state index is 12.5. The molecule has 2 aromatic rings. The van der Waals surface area contributed by atoms with Gasteiger partial charge in [-0.05, 0) is 55.4 Å². The Balaban J connectivity index is 1.42. The van der Waals surface area contributed by atoms with Crippen molar-refractivity contribution in [2.24, 2.45) is 5.92 Å². The number of likely N-dealkylation sites (tertiary alicyclic amines) is 1. The van der Waals surface area contributed by atoms with E-state index >= 15 is 0 Å². The van der Waals surface area contributed by atoms with E-state index in [0.29, 0.717) is 40.9 Å². The van der Waals surface area contributed by atoms with E-state index in [2.05, 4.69) is 20.2 Å². The largest absolute Gasteiger partial charge is 0.348 e. The molecule has 1 aliphatic heterocycles. The molecule has 0 atom stereocenters. The molecule has 0 spiro atoms. The van der Waals surface area contributed by atoms with Gasteiger partial charge in [0, 0.05) is 30.3 Å². The van der Waals surface area contributed by atoms with Crippen LogP contribution in [0.5, 0.6) is 0 Å². The summed E-state index contributed by atoms with van der Waals surface area (Å²) in [5.41, 5.74) is 1.11. The summed E-state index contributed by atoms with van der Waals surface area (Å²) < 4.78 is 3.80. The summed E-state index contributed by atoms with van der Waals surface area (Å²) in [6, 6.07) is 6.60. The van der Waals surface area contributed by atoms with Crippen molar-refractivity contribution < 1.29 is 14.4 Å². The van der Waals surface area contributed by atoms with Gasteiger partial charge < -0.3 is 15.5 Å². The molecule has 28 heavy (non-hydrogen) atoms. The first-order valence-corrected chi connectivity index (χ1v) is 10.0. The first-order chi connectivity index (χ1) is 13.4. The number of amides is 3. The maximum absolute atomic E-state index is 12.5. The molecule has 1 aromatic carbocycles. The van der Waals surface area contributed by atoms with Crippen molar-refractivity contribution in [2.75, 3.05) is 25.0 Å². The quantitative estimate of drug-likeness (QED) is 0.735. The highest BCUT2D eigenvalue weighted by Crippen LogP contribution is 2.20. The van der Waals surface area contributed by atoms with Crippen LogP contribution >= 0.6 is 23.1 Å². The number of hydrogen-bond donors (Lipinski definition) is 2. The summed E-state index contributed by atoms with van der Waals surface area (Å²) in [7, 11) is 0. The fourth-order valence-electron chi connectivity index (χ4n) is 2.98. The summed E-state index contributed by atoms with van der Waals surface area (Å²) >= 11 is 6.97. The van der Waals surface area contributed by atoms with Gasteiger partial charge in [0.2, 0.25) is 0 Å². The number of aryl methyl sites for hydroxylation is 1. The van der Waals surface area contributed by atoms with Gasteiger partial charge in [0.15, 0.2) is 0 Å². The van der Waals surface area contributed by atoms with Crippen LogP contribution in [-0.2, 0) is 9.59 Å². The summed E-state index contributed by atoms with van der Waals surface area (Å²) in [6.45, 7) is 3.37. The van der Waals surface area contributed by atoms with Crippen molar-refractivity contribution in [3.05, 3.63) is 39.9 Å². The minimum atomic E-state index is -0.733. The molecule has 148 valence electrons. The molecule has 3 amide bonds. The van der Waals surface area contributed by atoms with Crippen LogP contribution in [0.2, 0.25) is 5.02 Å². The molecule has 0 unspecified atom stereocenters. The highest BCUT2D eigenvalue weighted by Gasteiger charge is 2.26. The van der Waals surface area contributed by atoms with Crippen LogP contribution in [-0.4, -0.2) is 51.8 Å². The minimum absolute atomic E-state index is 0.0455. The zero-order valence-electron chi connectivity index (χ0n) is 15.3. The van der Waals surface area contributed by atoms with Crippen LogP contribution in [0.15, 0.2) is 24.3 Å². The molecule has 1 fully saturated rings. The van der Waals surface area contributed by atoms with E-state index in [4.69, 9.17) is 11.6 Å². The maximum Gasteiger partial charge on any atom is 0.313 e. The first-order valence-electron chi connectivity index (χ1n) is 8.87. The number of carbonyl (C=O) groups excluding carboxylic acids is 3. The lowest BCUT2D eigenvalue weighted by molar-refractivity contribution is -0.136. The van der Waals surface area contributed by atoms with E-state index in [1.54, 1.807) is 36.1 Å². The minimum Gasteiger partial charge on any atom is -0.348 e. The molecule has 0 radical (unpaired) electrons. The Kier molecular flexibility index (Phi) is 6.58. The normalized spacial score (nSPS) is 14.6. The van der Waals surface area contributed by atoms with Gasteiger partial charge >= 0.3 is 11.8 Å². The number of anilines is 1. The van der Waals surface area contributed by atoms with Crippen molar-refractivity contribution in [3.8, 4) is 0 Å². The number of rotatable bonds is 4. The Morgan fingerprint density at radius 1 is 1.25 bits per heavy atom. The average molecular weight is 422 g/mol. The molecule has 10 heteroatoms. The number of nitrogens with one attached hydrogen (secondary N) is 2. The molecule has 1 aliphatic rings. The van der Waals surface area contributed by atoms with Gasteiger partial charge in [-0.3, -0.25) is 14.4 Å². The lowest BCUT2D eigenvalue weighted by atomic mass is 9.96. The molecule has 2 heterocycles. The van der Waals surface area contributed by atoms with Crippen molar-refractivity contribution in [2.45, 2.75) is 19.8 Å². The molecule has 0 aliphatic carbocycles. The Hall–Kier alpha value is -2.52. The summed E-state index contributed by atoms with van der Waals surface area (Å²) in [4.78, 5) is 38.8. The first kappa shape index (κ1) is 20.2. The Labute approximate surface area is 171 Å². The van der Waals surface area contributed by atoms with E-state index < -0.39 is 11.8 Å². The van der Waals surface area contributed by atoms with Crippen LogP contribution in [0.1, 0.15) is 28.2 Å². The molecule has 2 N–H and O–H groups in total. The van der Waals surface area contributed by atoms with Crippen LogP contribution in [0.4, 0.5) is 5.69 Å². The van der Waals surface area contributed by atoms with Gasteiger partial charge in [0.1, 0.15) is 4.88 Å². The van der Waals surface area contributed by atoms with Gasteiger partial charge in [-0.1, -0.05) is 22.2 Å². The summed E-state index contributed by atoms with van der Waals surface area (Å²) in [5, 5.41) is 9.53. The molecular weight excluding hydrogens is 402 g/mol. The average Bonchev–Trinajstić information content (AvgIpc) is 3.12. The number of benzene rings is 1. The van der Waals surface area contributed by atoms with Crippen LogP contribution < -0.4 is 10.6 Å². The second-order valence-corrected chi connectivity index (χ2v) is 7.79. The fraction of sp³-hybridized carbons (Fsp3) is 0.389. The van der Waals surface area contributed by atoms with Gasteiger partial charge in [0.25, 0.3) is 5.91 Å². The predicted octanol–water partition coefficient (Wildman–Crippen LogP) is 2.11. The van der Waals surface area contributed by atoms with Crippen LogP contribution in [0.3, 0.4) is 0 Å². The highest BCUT2D eigenvalue weighted by atomic mass is 35.5. The SMILES string of the molecule is Cc1nnsc1C(=O)N1CCC(CNC(=O)C(=O)Nc2cccc(Cl)c2)CC1. The smallest absolute Gasteiger partial charge is 0.313 e. The summed E-state index contributed by atoms with van der Waals surface area (Å²) in [6.07, 6.45) is 1.51. The van der Waals surface area contributed by atoms with Gasteiger partial charge in [-0.15, -0.1) is 5.10 Å². The topological polar surface area (TPSA) is 104 Å². The van der Waals surface area contributed by atoms with Crippen molar-refractivity contribution in [1.29, 1.82) is 0 Å². The Morgan fingerprint density at radius 2 is 2.00 bits per heavy atom. The molecular formula is C18H20ClN5O3S. The third kappa shape index (κ3) is 5.05. The van der Waals surface area contributed by atoms with Crippen molar-refractivity contribution in [3.63, 3.8) is 0 Å². The Morgan fingerprint density at radius 3 is 2.64 bits per heavy atom. The third-order valence-corrected chi connectivity index (χ3v) is 5.64. The lowest BCUT2D eigenvalue weighted by Gasteiger charge is -2.31. The van der Waals surface area contributed by atoms with E-state index in [-0.39, 0.29) is 11.8 Å². The van der Waals surface area contributed by atoms with E-state index in [1.165, 1.54) is 0 Å². The number of aromatic nitrogens is 2. The molecule has 0 bridgehead atoms. The zero-order chi connectivity index (χ0) is 20.1. The highest BCUT2D eigenvalue weighted by molar-refractivity contribution is 7.07. The second kappa shape index (κ2) is 9.11. The van der Waals surface area contributed by atoms with Crippen LogP contribution in [0, 0.1) is 12.8 Å².